The third-order valence-electron chi connectivity index (χ3n) is 3.89. The predicted molar refractivity (Wildman–Crippen MR) is 100 cm³/mol. The monoisotopic (exact) mass is 321 g/mol. The summed E-state index contributed by atoms with van der Waals surface area (Å²) in [6.07, 6.45) is 0.925. The molecule has 0 bridgehead atoms. The smallest absolute Gasteiger partial charge is 0.118 e. The van der Waals surface area contributed by atoms with Gasteiger partial charge in [-0.3, -0.25) is 0 Å². The summed E-state index contributed by atoms with van der Waals surface area (Å²) in [6, 6.07) is 22.7. The van der Waals surface area contributed by atoms with Crippen LogP contribution in [0.5, 0.6) is 5.75 Å². The fourth-order valence-electron chi connectivity index (χ4n) is 2.63. The molecule has 0 aliphatic heterocycles. The average molecular weight is 321 g/mol. The average Bonchev–Trinajstić information content (AvgIpc) is 2.61. The number of hydrogen-bond acceptors (Lipinski definition) is 2. The topological polar surface area (TPSA) is 21.3 Å². The molecular formula is C20H19NOS. The molecule has 116 valence electrons. The molecule has 3 rings (SSSR count). The lowest BCUT2D eigenvalue weighted by Gasteiger charge is -2.11. The van der Waals surface area contributed by atoms with Crippen LogP contribution in [0.3, 0.4) is 0 Å². The molecule has 0 atom stereocenters. The molecule has 0 radical (unpaired) electrons. The van der Waals surface area contributed by atoms with Crippen LogP contribution in [-0.4, -0.2) is 18.6 Å². The third kappa shape index (κ3) is 3.69. The van der Waals surface area contributed by atoms with Crippen LogP contribution < -0.4 is 10.1 Å². The van der Waals surface area contributed by atoms with Gasteiger partial charge in [-0.15, -0.1) is 0 Å². The van der Waals surface area contributed by atoms with Gasteiger partial charge in [0.2, 0.25) is 0 Å². The molecule has 0 heterocycles. The van der Waals surface area contributed by atoms with Gasteiger partial charge in [0, 0.05) is 12.1 Å². The fraction of sp³-hybridized carbons (Fsp3) is 0.150. The van der Waals surface area contributed by atoms with Crippen molar-refractivity contribution in [2.24, 2.45) is 0 Å². The molecule has 0 aromatic heterocycles. The molecule has 3 aromatic rings. The molecule has 23 heavy (non-hydrogen) atoms. The van der Waals surface area contributed by atoms with Crippen LogP contribution in [0.15, 0.2) is 66.7 Å². The maximum absolute atomic E-state index is 5.57. The first-order valence-electron chi connectivity index (χ1n) is 7.67. The first kappa shape index (κ1) is 15.5. The van der Waals surface area contributed by atoms with E-state index in [0.29, 0.717) is 0 Å². The van der Waals surface area contributed by atoms with Crippen LogP contribution in [0.4, 0.5) is 0 Å². The van der Waals surface area contributed by atoms with Crippen LogP contribution in [0, 0.1) is 0 Å². The minimum absolute atomic E-state index is 0.801. The molecule has 0 unspecified atom stereocenters. The standard InChI is InChI=1S/C20H19NOS/c1-22-17-11-9-15(10-12-17)13-14-21-20(23)19-8-4-6-16-5-2-3-7-18(16)19/h2-12H,13-14H2,1H3,(H,21,23). The van der Waals surface area contributed by atoms with Crippen molar-refractivity contribution in [1.82, 2.24) is 5.32 Å². The van der Waals surface area contributed by atoms with Gasteiger partial charge in [-0.05, 0) is 34.9 Å². The summed E-state index contributed by atoms with van der Waals surface area (Å²) in [6.45, 7) is 0.814. The van der Waals surface area contributed by atoms with E-state index in [0.717, 1.165) is 29.3 Å². The fourth-order valence-corrected chi connectivity index (χ4v) is 2.91. The molecule has 1 N–H and O–H groups in total. The molecule has 2 nitrogen and oxygen atoms in total. The van der Waals surface area contributed by atoms with Gasteiger partial charge in [-0.2, -0.15) is 0 Å². The number of methoxy groups -OCH3 is 1. The van der Waals surface area contributed by atoms with Crippen molar-refractivity contribution in [3.05, 3.63) is 77.9 Å². The van der Waals surface area contributed by atoms with Crippen molar-refractivity contribution in [2.75, 3.05) is 13.7 Å². The lowest BCUT2D eigenvalue weighted by Crippen LogP contribution is -2.24. The van der Waals surface area contributed by atoms with Gasteiger partial charge in [0.1, 0.15) is 10.7 Å². The Morgan fingerprint density at radius 3 is 2.48 bits per heavy atom. The Labute approximate surface area is 142 Å². The molecule has 0 amide bonds. The molecular weight excluding hydrogens is 302 g/mol. The van der Waals surface area contributed by atoms with Crippen molar-refractivity contribution < 1.29 is 4.74 Å². The number of benzene rings is 3. The van der Waals surface area contributed by atoms with Crippen molar-refractivity contribution in [3.63, 3.8) is 0 Å². The van der Waals surface area contributed by atoms with Gasteiger partial charge in [-0.1, -0.05) is 66.8 Å². The van der Waals surface area contributed by atoms with Gasteiger partial charge in [0.15, 0.2) is 0 Å². The molecule has 0 saturated heterocycles. The first-order chi connectivity index (χ1) is 11.3. The second-order valence-electron chi connectivity index (χ2n) is 5.38. The Morgan fingerprint density at radius 1 is 0.957 bits per heavy atom. The number of thiocarbonyl (C=S) groups is 1. The van der Waals surface area contributed by atoms with Crippen molar-refractivity contribution in [1.29, 1.82) is 0 Å². The lowest BCUT2D eigenvalue weighted by atomic mass is 10.0. The predicted octanol–water partition coefficient (Wildman–Crippen LogP) is 4.36. The highest BCUT2D eigenvalue weighted by Gasteiger charge is 2.05. The molecule has 3 heteroatoms. The molecule has 0 aliphatic carbocycles. The van der Waals surface area contributed by atoms with Crippen molar-refractivity contribution in [2.45, 2.75) is 6.42 Å². The number of fused-ring (bicyclic) bond motifs is 1. The third-order valence-corrected chi connectivity index (χ3v) is 4.26. The molecule has 0 saturated carbocycles. The summed E-state index contributed by atoms with van der Waals surface area (Å²) in [5.74, 6) is 0.882. The maximum atomic E-state index is 5.57. The summed E-state index contributed by atoms with van der Waals surface area (Å²) in [7, 11) is 1.68. The van der Waals surface area contributed by atoms with E-state index in [-0.39, 0.29) is 0 Å². The normalized spacial score (nSPS) is 10.5. The van der Waals surface area contributed by atoms with E-state index in [4.69, 9.17) is 17.0 Å². The quantitative estimate of drug-likeness (QED) is 0.706. The summed E-state index contributed by atoms with van der Waals surface area (Å²) in [5, 5.41) is 5.77. The molecule has 0 spiro atoms. The zero-order valence-electron chi connectivity index (χ0n) is 13.1. The summed E-state index contributed by atoms with van der Waals surface area (Å²) < 4.78 is 5.17. The number of ether oxygens (including phenoxy) is 1. The lowest BCUT2D eigenvalue weighted by molar-refractivity contribution is 0.414. The van der Waals surface area contributed by atoms with Crippen LogP contribution in [0.2, 0.25) is 0 Å². The van der Waals surface area contributed by atoms with E-state index in [9.17, 15) is 0 Å². The second-order valence-corrected chi connectivity index (χ2v) is 5.79. The highest BCUT2D eigenvalue weighted by molar-refractivity contribution is 7.80. The van der Waals surface area contributed by atoms with Gasteiger partial charge in [-0.25, -0.2) is 0 Å². The summed E-state index contributed by atoms with van der Waals surface area (Å²) in [4.78, 5) is 0.801. The van der Waals surface area contributed by atoms with Crippen LogP contribution >= 0.6 is 12.2 Å². The first-order valence-corrected chi connectivity index (χ1v) is 8.07. The molecule has 0 fully saturated rings. The van der Waals surface area contributed by atoms with E-state index in [2.05, 4.69) is 47.8 Å². The Morgan fingerprint density at radius 2 is 1.70 bits per heavy atom. The van der Waals surface area contributed by atoms with E-state index in [1.165, 1.54) is 16.3 Å². The number of nitrogens with one attached hydrogen (secondary N) is 1. The number of rotatable bonds is 5. The van der Waals surface area contributed by atoms with Gasteiger partial charge >= 0.3 is 0 Å². The summed E-state index contributed by atoms with van der Waals surface area (Å²) in [5.41, 5.74) is 2.35. The van der Waals surface area contributed by atoms with Crippen LogP contribution in [0.1, 0.15) is 11.1 Å². The highest BCUT2D eigenvalue weighted by atomic mass is 32.1. The largest absolute Gasteiger partial charge is 0.497 e. The van der Waals surface area contributed by atoms with Crippen molar-refractivity contribution in [3.8, 4) is 5.75 Å². The second kappa shape index (κ2) is 7.25. The van der Waals surface area contributed by atoms with E-state index in [1.54, 1.807) is 7.11 Å². The molecule has 0 aliphatic rings. The minimum atomic E-state index is 0.801. The zero-order chi connectivity index (χ0) is 16.1. The Kier molecular flexibility index (Phi) is 4.89. The SMILES string of the molecule is COc1ccc(CCNC(=S)c2cccc3ccccc23)cc1. The Hall–Kier alpha value is -2.39. The zero-order valence-corrected chi connectivity index (χ0v) is 13.9. The minimum Gasteiger partial charge on any atom is -0.497 e. The number of hydrogen-bond donors (Lipinski definition) is 1. The van der Waals surface area contributed by atoms with Gasteiger partial charge in [0.25, 0.3) is 0 Å². The Bertz CT molecular complexity index is 806. The van der Waals surface area contributed by atoms with Crippen LogP contribution in [0.25, 0.3) is 10.8 Å². The van der Waals surface area contributed by atoms with E-state index < -0.39 is 0 Å². The molecule has 3 aromatic carbocycles. The van der Waals surface area contributed by atoms with Crippen molar-refractivity contribution >= 4 is 28.0 Å². The maximum Gasteiger partial charge on any atom is 0.118 e. The summed E-state index contributed by atoms with van der Waals surface area (Å²) >= 11 is 5.57. The van der Waals surface area contributed by atoms with Crippen LogP contribution in [-0.2, 0) is 6.42 Å². The Balaban J connectivity index is 1.64. The highest BCUT2D eigenvalue weighted by Crippen LogP contribution is 2.18. The van der Waals surface area contributed by atoms with E-state index >= 15 is 0 Å². The van der Waals surface area contributed by atoms with Gasteiger partial charge in [0.05, 0.1) is 7.11 Å². The van der Waals surface area contributed by atoms with E-state index in [1.807, 2.05) is 24.3 Å². The van der Waals surface area contributed by atoms with Gasteiger partial charge < -0.3 is 10.1 Å².